The first-order valence-corrected chi connectivity index (χ1v) is 6.51. The van der Waals surface area contributed by atoms with Crippen molar-refractivity contribution < 1.29 is 32.8 Å². The third kappa shape index (κ3) is 5.72. The van der Waals surface area contributed by atoms with Crippen LogP contribution in [0.15, 0.2) is 12.5 Å². The fourth-order valence-electron chi connectivity index (χ4n) is 1.85. The Kier molecular flexibility index (Phi) is 8.03. The zero-order chi connectivity index (χ0) is 13.8. The summed E-state index contributed by atoms with van der Waals surface area (Å²) in [4.78, 5) is 7.07. The first kappa shape index (κ1) is 18.8. The van der Waals surface area contributed by atoms with E-state index in [1.807, 2.05) is 41.5 Å². The predicted octanol–water partition coefficient (Wildman–Crippen LogP) is -1.17. The molecule has 0 spiro atoms. The van der Waals surface area contributed by atoms with Crippen LogP contribution in [0.5, 0.6) is 0 Å². The molecule has 1 aromatic heterocycles. The summed E-state index contributed by atoms with van der Waals surface area (Å²) in [5.41, 5.74) is 0.728. The van der Waals surface area contributed by atoms with Gasteiger partial charge in [0.25, 0.3) is 0 Å². The van der Waals surface area contributed by atoms with E-state index in [1.165, 1.54) is 0 Å². The molecule has 0 aliphatic rings. The van der Waals surface area contributed by atoms with Gasteiger partial charge >= 0.3 is 25.6 Å². The molecule has 5 nitrogen and oxygen atoms in total. The van der Waals surface area contributed by atoms with E-state index in [-0.39, 0.29) is 37.2 Å². The molecule has 0 atom stereocenters. The summed E-state index contributed by atoms with van der Waals surface area (Å²) in [6.07, 6.45) is 3.26. The van der Waals surface area contributed by atoms with E-state index in [2.05, 4.69) is 9.97 Å². The fraction of sp³-hybridized carbons (Fsp3) is 0.750. The molecule has 0 fully saturated rings. The van der Waals surface area contributed by atoms with E-state index < -0.39 is 6.75 Å². The van der Waals surface area contributed by atoms with Gasteiger partial charge in [0.15, 0.2) is 0 Å². The Morgan fingerprint density at radius 3 is 1.63 bits per heavy atom. The maximum Gasteiger partial charge on any atom is 1.00 e. The quantitative estimate of drug-likeness (QED) is 0.629. The largest absolute Gasteiger partial charge is 1.00 e. The summed E-state index contributed by atoms with van der Waals surface area (Å²) in [5.74, 6) is 0. The van der Waals surface area contributed by atoms with E-state index in [4.69, 9.17) is 14.0 Å². The van der Waals surface area contributed by atoms with E-state index in [1.54, 1.807) is 12.5 Å². The first-order valence-electron chi connectivity index (χ1n) is 6.51. The summed E-state index contributed by atoms with van der Waals surface area (Å²) < 4.78 is 17.9. The monoisotopic (exact) mass is 262 g/mol. The average molecular weight is 262 g/mol. The van der Waals surface area contributed by atoms with Crippen LogP contribution in [-0.4, -0.2) is 35.0 Å². The number of H-pyrrole nitrogens is 1. The van der Waals surface area contributed by atoms with Crippen molar-refractivity contribution in [1.29, 1.82) is 0 Å². The summed E-state index contributed by atoms with van der Waals surface area (Å²) in [5, 5.41) is 0. The topological polar surface area (TPSA) is 56.4 Å². The predicted molar refractivity (Wildman–Crippen MR) is 72.6 cm³/mol. The Balaban J connectivity index is 0.00000324. The van der Waals surface area contributed by atoms with Crippen LogP contribution >= 0.6 is 0 Å². The molecule has 0 saturated heterocycles. The normalized spacial score (nSPS) is 12.3. The maximum atomic E-state index is 5.95. The van der Waals surface area contributed by atoms with Crippen LogP contribution in [-0.2, 0) is 14.0 Å². The van der Waals surface area contributed by atoms with Gasteiger partial charge in [-0.1, -0.05) is 0 Å². The van der Waals surface area contributed by atoms with Gasteiger partial charge < -0.3 is 18.9 Å². The molecule has 19 heavy (non-hydrogen) atoms. The molecule has 7 heteroatoms. The zero-order valence-electron chi connectivity index (χ0n) is 13.1. The first-order chi connectivity index (χ1) is 8.35. The molecule has 0 saturated carbocycles. The van der Waals surface area contributed by atoms with Crippen molar-refractivity contribution >= 4 is 12.3 Å². The Morgan fingerprint density at radius 2 is 1.37 bits per heavy atom. The molecule has 0 aliphatic carbocycles. The Morgan fingerprint density at radius 1 is 0.947 bits per heavy atom. The van der Waals surface area contributed by atoms with Crippen LogP contribution in [0.1, 0.15) is 41.5 Å². The minimum atomic E-state index is -1.99. The smallest absolute Gasteiger partial charge is 0.538 e. The average Bonchev–Trinajstić information content (AvgIpc) is 2.65. The molecule has 104 valence electrons. The van der Waals surface area contributed by atoms with Gasteiger partial charge in [-0.15, -0.1) is 0 Å². The molecule has 1 N–H and O–H groups in total. The Hall–Kier alpha value is -0.248. The minimum Gasteiger partial charge on any atom is -0.538 e. The summed E-state index contributed by atoms with van der Waals surface area (Å²) in [6.45, 7) is 9.76. The molecular formula is C12H24BLiN2O3. The van der Waals surface area contributed by atoms with Gasteiger partial charge in [0, 0.05) is 24.5 Å². The van der Waals surface area contributed by atoms with Crippen molar-refractivity contribution in [2.75, 3.05) is 0 Å². The van der Waals surface area contributed by atoms with Crippen LogP contribution in [0, 0.1) is 0 Å². The third-order valence-corrected chi connectivity index (χ3v) is 2.25. The van der Waals surface area contributed by atoms with Gasteiger partial charge in [-0.05, 0) is 47.1 Å². The van der Waals surface area contributed by atoms with Crippen LogP contribution in [0.25, 0.3) is 0 Å². The van der Waals surface area contributed by atoms with Gasteiger partial charge in [0.2, 0.25) is 0 Å². The molecule has 0 unspecified atom stereocenters. The summed E-state index contributed by atoms with van der Waals surface area (Å²) in [7, 11) is 0. The van der Waals surface area contributed by atoms with Crippen molar-refractivity contribution in [3.63, 3.8) is 0 Å². The van der Waals surface area contributed by atoms with Crippen LogP contribution in [0.2, 0.25) is 0 Å². The van der Waals surface area contributed by atoms with Gasteiger partial charge in [-0.3, -0.25) is 0 Å². The van der Waals surface area contributed by atoms with Gasteiger partial charge in [-0.2, -0.15) is 0 Å². The second kappa shape index (κ2) is 8.13. The third-order valence-electron chi connectivity index (χ3n) is 2.25. The summed E-state index contributed by atoms with van der Waals surface area (Å²) >= 11 is 0. The molecule has 0 radical (unpaired) electrons. The number of hydrogen-bond acceptors (Lipinski definition) is 4. The van der Waals surface area contributed by atoms with Crippen molar-refractivity contribution in [2.24, 2.45) is 0 Å². The second-order valence-corrected chi connectivity index (χ2v) is 5.20. The number of nitrogens with one attached hydrogen (secondary N) is 1. The van der Waals surface area contributed by atoms with E-state index in [9.17, 15) is 0 Å². The maximum absolute atomic E-state index is 5.95. The van der Waals surface area contributed by atoms with Crippen LogP contribution in [0.3, 0.4) is 0 Å². The number of hydrogen-bond donors (Lipinski definition) is 1. The molecule has 1 aromatic rings. The van der Waals surface area contributed by atoms with Crippen molar-refractivity contribution in [3.05, 3.63) is 12.5 Å². The molecular weight excluding hydrogens is 238 g/mol. The number of aromatic nitrogens is 2. The number of rotatable bonds is 7. The van der Waals surface area contributed by atoms with Crippen LogP contribution in [0.4, 0.5) is 0 Å². The number of aromatic amines is 1. The van der Waals surface area contributed by atoms with Crippen molar-refractivity contribution in [2.45, 2.75) is 59.9 Å². The number of imidazole rings is 1. The van der Waals surface area contributed by atoms with Gasteiger partial charge in [0.05, 0.1) is 6.33 Å². The molecule has 1 rings (SSSR count). The SMILES string of the molecule is CC(C)O[B-](OC(C)C)(OC(C)C)c1cnc[nH]1.[Li+]. The minimum absolute atomic E-state index is 0. The van der Waals surface area contributed by atoms with E-state index >= 15 is 0 Å². The van der Waals surface area contributed by atoms with Crippen molar-refractivity contribution in [1.82, 2.24) is 9.97 Å². The summed E-state index contributed by atoms with van der Waals surface area (Å²) in [6, 6.07) is 0. The Bertz CT molecular complexity index is 318. The molecule has 0 bridgehead atoms. The van der Waals surface area contributed by atoms with E-state index in [0.29, 0.717) is 0 Å². The molecule has 1 heterocycles. The number of nitrogens with zero attached hydrogens (tertiary/aromatic N) is 1. The molecule has 0 aromatic carbocycles. The standard InChI is InChI=1S/C12H24BN2O3.Li/c1-9(2)16-13(17-10(3)4,18-11(5)6)12-7-14-8-15-12;/h7-11H,1-6H3,(H,14,15);/q-1;+1. The second-order valence-electron chi connectivity index (χ2n) is 5.20. The fourth-order valence-corrected chi connectivity index (χ4v) is 1.85. The van der Waals surface area contributed by atoms with Crippen molar-refractivity contribution in [3.8, 4) is 0 Å². The zero-order valence-corrected chi connectivity index (χ0v) is 13.1. The van der Waals surface area contributed by atoms with Gasteiger partial charge in [-0.25, -0.2) is 4.98 Å². The van der Waals surface area contributed by atoms with E-state index in [0.717, 1.165) is 5.59 Å². The van der Waals surface area contributed by atoms with Crippen LogP contribution < -0.4 is 24.5 Å². The molecule has 0 amide bonds. The Labute approximate surface area is 128 Å². The van der Waals surface area contributed by atoms with Gasteiger partial charge in [0.1, 0.15) is 0 Å². The molecule has 0 aliphatic heterocycles.